The predicted molar refractivity (Wildman–Crippen MR) is 118 cm³/mol. The van der Waals surface area contributed by atoms with Gasteiger partial charge >= 0.3 is 0 Å². The molecule has 8 heteroatoms. The number of imidazole rings is 1. The van der Waals surface area contributed by atoms with Crippen molar-refractivity contribution in [1.82, 2.24) is 9.55 Å². The molecule has 2 heterocycles. The number of para-hydroxylation sites is 2. The minimum Gasteiger partial charge on any atom is -0.491 e. The van der Waals surface area contributed by atoms with Gasteiger partial charge in [-0.3, -0.25) is 4.79 Å². The second-order valence-corrected chi connectivity index (χ2v) is 10.4. The van der Waals surface area contributed by atoms with E-state index in [9.17, 15) is 18.3 Å². The van der Waals surface area contributed by atoms with Gasteiger partial charge in [-0.25, -0.2) is 13.4 Å². The number of ether oxygens (including phenoxy) is 1. The van der Waals surface area contributed by atoms with Gasteiger partial charge in [0.15, 0.2) is 15.6 Å². The Morgan fingerprint density at radius 1 is 1.26 bits per heavy atom. The Morgan fingerprint density at radius 2 is 2.06 bits per heavy atom. The van der Waals surface area contributed by atoms with E-state index in [2.05, 4.69) is 0 Å². The Labute approximate surface area is 181 Å². The van der Waals surface area contributed by atoms with Crippen molar-refractivity contribution in [2.24, 2.45) is 5.92 Å². The van der Waals surface area contributed by atoms with Crippen molar-refractivity contribution >= 4 is 26.7 Å². The fraction of sp³-hybridized carbons (Fsp3) is 0.391. The Kier molecular flexibility index (Phi) is 6.11. The molecule has 0 aliphatic carbocycles. The zero-order valence-corrected chi connectivity index (χ0v) is 18.2. The van der Waals surface area contributed by atoms with Crippen LogP contribution in [-0.2, 0) is 22.8 Å². The Balaban J connectivity index is 1.49. The number of carbonyl (C=O) groups excluding carboxylic acids is 1. The third-order valence-electron chi connectivity index (χ3n) is 5.61. The van der Waals surface area contributed by atoms with Crippen LogP contribution >= 0.6 is 0 Å². The maximum absolute atomic E-state index is 11.8. The number of hydrogen-bond acceptors (Lipinski definition) is 6. The number of rotatable bonds is 8. The van der Waals surface area contributed by atoms with Gasteiger partial charge in [0.05, 0.1) is 29.1 Å². The molecule has 2 aromatic carbocycles. The highest BCUT2D eigenvalue weighted by atomic mass is 32.2. The average molecular weight is 443 g/mol. The number of Topliss-reactive ketones (excluding diaryl/α,β-unsaturated/α-hetero) is 1. The first kappa shape index (κ1) is 21.5. The van der Waals surface area contributed by atoms with Gasteiger partial charge in [0.2, 0.25) is 0 Å². The van der Waals surface area contributed by atoms with Crippen LogP contribution in [0.1, 0.15) is 29.5 Å². The first-order chi connectivity index (χ1) is 14.8. The molecular weight excluding hydrogens is 416 g/mol. The Hall–Kier alpha value is -2.71. The summed E-state index contributed by atoms with van der Waals surface area (Å²) in [7, 11) is -2.96. The van der Waals surface area contributed by atoms with Crippen LogP contribution in [0.2, 0.25) is 0 Å². The molecule has 0 unspecified atom stereocenters. The number of carbonyl (C=O) groups is 1. The summed E-state index contributed by atoms with van der Waals surface area (Å²) in [5.41, 5.74) is 2.28. The van der Waals surface area contributed by atoms with Crippen LogP contribution in [0.3, 0.4) is 0 Å². The van der Waals surface area contributed by atoms with Crippen molar-refractivity contribution in [1.29, 1.82) is 0 Å². The highest BCUT2D eigenvalue weighted by molar-refractivity contribution is 7.91. The molecule has 1 fully saturated rings. The molecule has 0 bridgehead atoms. The van der Waals surface area contributed by atoms with Crippen molar-refractivity contribution in [2.75, 3.05) is 18.1 Å². The van der Waals surface area contributed by atoms with Crippen LogP contribution < -0.4 is 4.74 Å². The molecular formula is C23H26N2O5S. The van der Waals surface area contributed by atoms with E-state index >= 15 is 0 Å². The number of sulfone groups is 1. The van der Waals surface area contributed by atoms with E-state index < -0.39 is 15.9 Å². The second-order valence-electron chi connectivity index (χ2n) is 8.15. The summed E-state index contributed by atoms with van der Waals surface area (Å²) < 4.78 is 31.4. The highest BCUT2D eigenvalue weighted by Crippen LogP contribution is 2.25. The molecule has 0 amide bonds. The van der Waals surface area contributed by atoms with Gasteiger partial charge in [-0.2, -0.15) is 0 Å². The van der Waals surface area contributed by atoms with Crippen LogP contribution in [0.5, 0.6) is 5.75 Å². The maximum Gasteiger partial charge on any atom is 0.159 e. The Bertz CT molecular complexity index is 1200. The summed E-state index contributed by atoms with van der Waals surface area (Å²) in [6, 6.07) is 14.6. The van der Waals surface area contributed by atoms with Gasteiger partial charge in [-0.1, -0.05) is 24.3 Å². The molecule has 0 spiro atoms. The number of aromatic nitrogens is 2. The lowest BCUT2D eigenvalue weighted by molar-refractivity contribution is 0.0924. The molecule has 31 heavy (non-hydrogen) atoms. The SMILES string of the molecule is CC(=O)c1cccc(OC[C@@H](O)Cn2c(C[C@@H]3CCS(=O)(=O)C3)nc3ccccc32)c1. The molecule has 7 nitrogen and oxygen atoms in total. The molecule has 4 rings (SSSR count). The first-order valence-electron chi connectivity index (χ1n) is 10.4. The van der Waals surface area contributed by atoms with Crippen molar-refractivity contribution in [3.8, 4) is 5.75 Å². The zero-order valence-electron chi connectivity index (χ0n) is 17.4. The van der Waals surface area contributed by atoms with Gasteiger partial charge in [0, 0.05) is 12.0 Å². The van der Waals surface area contributed by atoms with Gasteiger partial charge < -0.3 is 14.4 Å². The lowest BCUT2D eigenvalue weighted by Crippen LogP contribution is -2.25. The van der Waals surface area contributed by atoms with Gasteiger partial charge in [0.25, 0.3) is 0 Å². The fourth-order valence-electron chi connectivity index (χ4n) is 4.04. The molecule has 1 aliphatic heterocycles. The lowest BCUT2D eigenvalue weighted by Gasteiger charge is -2.17. The summed E-state index contributed by atoms with van der Waals surface area (Å²) >= 11 is 0. The average Bonchev–Trinajstić information content (AvgIpc) is 3.26. The van der Waals surface area contributed by atoms with E-state index in [-0.39, 0.29) is 36.4 Å². The third kappa shape index (κ3) is 5.14. The molecule has 1 aliphatic rings. The quantitative estimate of drug-likeness (QED) is 0.539. The number of aliphatic hydroxyl groups excluding tert-OH is 1. The lowest BCUT2D eigenvalue weighted by atomic mass is 10.1. The number of fused-ring (bicyclic) bond motifs is 1. The normalized spacial score (nSPS) is 18.8. The van der Waals surface area contributed by atoms with E-state index in [1.807, 2.05) is 28.8 Å². The van der Waals surface area contributed by atoms with Crippen LogP contribution in [0.15, 0.2) is 48.5 Å². The monoisotopic (exact) mass is 442 g/mol. The minimum absolute atomic E-state index is 0.0447. The van der Waals surface area contributed by atoms with Crippen LogP contribution in [0, 0.1) is 5.92 Å². The number of nitrogens with zero attached hydrogens (tertiary/aromatic N) is 2. The minimum atomic E-state index is -2.96. The molecule has 1 N–H and O–H groups in total. The van der Waals surface area contributed by atoms with Crippen molar-refractivity contribution in [3.63, 3.8) is 0 Å². The highest BCUT2D eigenvalue weighted by Gasteiger charge is 2.29. The number of aliphatic hydroxyl groups is 1. The first-order valence-corrected chi connectivity index (χ1v) is 12.2. The fourth-order valence-corrected chi connectivity index (χ4v) is 5.90. The Morgan fingerprint density at radius 3 is 2.81 bits per heavy atom. The van der Waals surface area contributed by atoms with E-state index in [0.717, 1.165) is 16.9 Å². The van der Waals surface area contributed by atoms with E-state index in [0.29, 0.717) is 24.2 Å². The van der Waals surface area contributed by atoms with Crippen molar-refractivity contribution in [2.45, 2.75) is 32.4 Å². The van der Waals surface area contributed by atoms with Gasteiger partial charge in [-0.05, 0) is 43.5 Å². The van der Waals surface area contributed by atoms with Crippen molar-refractivity contribution in [3.05, 3.63) is 59.9 Å². The second kappa shape index (κ2) is 8.80. The van der Waals surface area contributed by atoms with E-state index in [1.54, 1.807) is 24.3 Å². The van der Waals surface area contributed by atoms with Gasteiger partial charge in [0.1, 0.15) is 24.3 Å². The topological polar surface area (TPSA) is 98.5 Å². The van der Waals surface area contributed by atoms with Crippen LogP contribution in [0.4, 0.5) is 0 Å². The van der Waals surface area contributed by atoms with Crippen molar-refractivity contribution < 1.29 is 23.1 Å². The van der Waals surface area contributed by atoms with Gasteiger partial charge in [-0.15, -0.1) is 0 Å². The summed E-state index contributed by atoms with van der Waals surface area (Å²) in [4.78, 5) is 16.2. The third-order valence-corrected chi connectivity index (χ3v) is 7.44. The molecule has 0 saturated carbocycles. The van der Waals surface area contributed by atoms with E-state index in [4.69, 9.17) is 9.72 Å². The summed E-state index contributed by atoms with van der Waals surface area (Å²) in [5.74, 6) is 1.72. The maximum atomic E-state index is 11.8. The van der Waals surface area contributed by atoms with Crippen LogP contribution in [-0.4, -0.2) is 53.1 Å². The summed E-state index contributed by atoms with van der Waals surface area (Å²) in [6.07, 6.45) is 0.399. The molecule has 1 saturated heterocycles. The molecule has 3 aromatic rings. The standard InChI is InChI=1S/C23H26N2O5S/c1-16(26)18-5-4-6-20(12-18)30-14-19(27)13-25-22-8-3-2-7-21(22)24-23(25)11-17-9-10-31(28,29)15-17/h2-8,12,17,19,27H,9-11,13-15H2,1H3/t17-,19-/m0/s1. The summed E-state index contributed by atoms with van der Waals surface area (Å²) in [6.45, 7) is 1.84. The van der Waals surface area contributed by atoms with Crippen LogP contribution in [0.25, 0.3) is 11.0 Å². The predicted octanol–water partition coefficient (Wildman–Crippen LogP) is 2.66. The number of benzene rings is 2. The smallest absolute Gasteiger partial charge is 0.159 e. The summed E-state index contributed by atoms with van der Waals surface area (Å²) in [5, 5.41) is 10.7. The van der Waals surface area contributed by atoms with E-state index in [1.165, 1.54) is 6.92 Å². The molecule has 1 aromatic heterocycles. The number of ketones is 1. The largest absolute Gasteiger partial charge is 0.491 e. The molecule has 2 atom stereocenters. The molecule has 164 valence electrons. The number of hydrogen-bond donors (Lipinski definition) is 1. The molecule has 0 radical (unpaired) electrons. The zero-order chi connectivity index (χ0) is 22.0.